The molecule has 1 amide bonds. The Morgan fingerprint density at radius 2 is 1.92 bits per heavy atom. The first-order valence-electron chi connectivity index (χ1n) is 6.87. The van der Waals surface area contributed by atoms with Crippen LogP contribution in [0.15, 0.2) is 36.7 Å². The lowest BCUT2D eigenvalue weighted by molar-refractivity contribution is -0.131. The first-order valence-corrected chi connectivity index (χ1v) is 6.87. The summed E-state index contributed by atoms with van der Waals surface area (Å²) in [6.07, 6.45) is 3.61. The minimum atomic E-state index is -1.15. The third-order valence-electron chi connectivity index (χ3n) is 3.22. The van der Waals surface area contributed by atoms with E-state index in [9.17, 15) is 19.5 Å². The number of anilines is 1. The Labute approximate surface area is 137 Å². The van der Waals surface area contributed by atoms with Crippen LogP contribution in [0.25, 0.3) is 5.76 Å². The van der Waals surface area contributed by atoms with Gasteiger partial charge in [0.1, 0.15) is 5.76 Å². The number of aliphatic hydroxyl groups excluding tert-OH is 1. The van der Waals surface area contributed by atoms with Crippen molar-refractivity contribution in [1.82, 2.24) is 9.78 Å². The van der Waals surface area contributed by atoms with Gasteiger partial charge in [0.05, 0.1) is 17.3 Å². The molecule has 1 aromatic carbocycles. The maximum atomic E-state index is 11.9. The van der Waals surface area contributed by atoms with Gasteiger partial charge in [-0.25, -0.2) is 4.79 Å². The van der Waals surface area contributed by atoms with E-state index in [-0.39, 0.29) is 17.0 Å². The highest BCUT2D eigenvalue weighted by Gasteiger charge is 2.16. The highest BCUT2D eigenvalue weighted by molar-refractivity contribution is 6.45. The third kappa shape index (κ3) is 3.86. The minimum Gasteiger partial charge on any atom is -0.507 e. The molecule has 24 heavy (non-hydrogen) atoms. The SMILES string of the molecule is Cc1ccc(C(=O)O)cc1NC(=O)C(=O)C=C(O)c1cnn(C)c1. The average molecular weight is 329 g/mol. The van der Waals surface area contributed by atoms with E-state index >= 15 is 0 Å². The number of hydrogen-bond acceptors (Lipinski definition) is 5. The molecule has 0 radical (unpaired) electrons. The molecule has 124 valence electrons. The number of carboxylic acids is 1. The molecular formula is C16H15N3O5. The fourth-order valence-corrected chi connectivity index (χ4v) is 1.90. The quantitative estimate of drug-likeness (QED) is 0.434. The predicted molar refractivity (Wildman–Crippen MR) is 85.6 cm³/mol. The number of carbonyl (C=O) groups is 3. The molecule has 3 N–H and O–H groups in total. The summed E-state index contributed by atoms with van der Waals surface area (Å²) in [6, 6.07) is 4.17. The molecule has 1 heterocycles. The van der Waals surface area contributed by atoms with Crippen molar-refractivity contribution in [2.75, 3.05) is 5.32 Å². The molecule has 0 atom stereocenters. The van der Waals surface area contributed by atoms with E-state index in [0.29, 0.717) is 11.1 Å². The Kier molecular flexibility index (Phi) is 4.78. The van der Waals surface area contributed by atoms with Gasteiger partial charge in [-0.2, -0.15) is 5.10 Å². The maximum Gasteiger partial charge on any atom is 0.335 e. The lowest BCUT2D eigenvalue weighted by atomic mass is 10.1. The Hall–Kier alpha value is -3.42. The minimum absolute atomic E-state index is 0.0166. The number of hydrogen-bond donors (Lipinski definition) is 3. The second kappa shape index (κ2) is 6.78. The maximum absolute atomic E-state index is 11.9. The van der Waals surface area contributed by atoms with E-state index in [2.05, 4.69) is 10.4 Å². The lowest BCUT2D eigenvalue weighted by Crippen LogP contribution is -2.22. The monoisotopic (exact) mass is 329 g/mol. The predicted octanol–water partition coefficient (Wildman–Crippen LogP) is 1.53. The summed E-state index contributed by atoms with van der Waals surface area (Å²) in [7, 11) is 1.64. The molecule has 0 fully saturated rings. The number of carboxylic acid groups (broad SMARTS) is 1. The molecule has 8 heteroatoms. The first-order chi connectivity index (χ1) is 11.3. The number of aryl methyl sites for hydroxylation is 2. The van der Waals surface area contributed by atoms with Crippen molar-refractivity contribution in [2.24, 2.45) is 7.05 Å². The topological polar surface area (TPSA) is 122 Å². The molecule has 8 nitrogen and oxygen atoms in total. The zero-order chi connectivity index (χ0) is 17.9. The molecule has 0 aliphatic carbocycles. The van der Waals surface area contributed by atoms with Gasteiger partial charge in [-0.3, -0.25) is 14.3 Å². The van der Waals surface area contributed by atoms with Gasteiger partial charge in [0.25, 0.3) is 5.91 Å². The van der Waals surface area contributed by atoms with Crippen molar-refractivity contribution in [2.45, 2.75) is 6.92 Å². The zero-order valence-electron chi connectivity index (χ0n) is 13.0. The summed E-state index contributed by atoms with van der Waals surface area (Å²) < 4.78 is 1.44. The van der Waals surface area contributed by atoms with E-state index in [0.717, 1.165) is 6.08 Å². The van der Waals surface area contributed by atoms with Crippen molar-refractivity contribution >= 4 is 29.1 Å². The number of amides is 1. The fourth-order valence-electron chi connectivity index (χ4n) is 1.90. The van der Waals surface area contributed by atoms with Crippen molar-refractivity contribution in [3.63, 3.8) is 0 Å². The van der Waals surface area contributed by atoms with Gasteiger partial charge < -0.3 is 15.5 Å². The average Bonchev–Trinajstić information content (AvgIpc) is 2.95. The summed E-state index contributed by atoms with van der Waals surface area (Å²) in [6.45, 7) is 1.66. The number of nitrogens with one attached hydrogen (secondary N) is 1. The summed E-state index contributed by atoms with van der Waals surface area (Å²) in [5.41, 5.74) is 1.09. The Morgan fingerprint density at radius 1 is 1.21 bits per heavy atom. The van der Waals surface area contributed by atoms with Gasteiger partial charge in [-0.05, 0) is 24.6 Å². The Morgan fingerprint density at radius 3 is 2.50 bits per heavy atom. The van der Waals surface area contributed by atoms with E-state index in [1.54, 1.807) is 14.0 Å². The fraction of sp³-hybridized carbons (Fsp3) is 0.125. The number of aliphatic hydroxyl groups is 1. The van der Waals surface area contributed by atoms with Crippen LogP contribution in [-0.2, 0) is 16.6 Å². The number of carbonyl (C=O) groups excluding carboxylic acids is 2. The largest absolute Gasteiger partial charge is 0.507 e. The lowest BCUT2D eigenvalue weighted by Gasteiger charge is -2.08. The van der Waals surface area contributed by atoms with Crippen LogP contribution in [0, 0.1) is 6.92 Å². The Balaban J connectivity index is 2.16. The van der Waals surface area contributed by atoms with E-state index in [4.69, 9.17) is 5.11 Å². The molecule has 2 rings (SSSR count). The number of benzene rings is 1. The van der Waals surface area contributed by atoms with Crippen molar-refractivity contribution < 1.29 is 24.6 Å². The smallest absolute Gasteiger partial charge is 0.335 e. The number of nitrogens with zero attached hydrogens (tertiary/aromatic N) is 2. The van der Waals surface area contributed by atoms with Gasteiger partial charge in [0, 0.05) is 25.0 Å². The summed E-state index contributed by atoms with van der Waals surface area (Å²) in [5.74, 6) is -3.50. The van der Waals surface area contributed by atoms with Crippen LogP contribution in [0.2, 0.25) is 0 Å². The molecule has 0 spiro atoms. The number of rotatable bonds is 5. The second-order valence-corrected chi connectivity index (χ2v) is 5.09. The highest BCUT2D eigenvalue weighted by Crippen LogP contribution is 2.17. The normalized spacial score (nSPS) is 11.2. The number of aromatic carboxylic acids is 1. The highest BCUT2D eigenvalue weighted by atomic mass is 16.4. The van der Waals surface area contributed by atoms with Crippen LogP contribution >= 0.6 is 0 Å². The molecule has 1 aromatic heterocycles. The van der Waals surface area contributed by atoms with E-state index in [1.165, 1.54) is 35.3 Å². The molecular weight excluding hydrogens is 314 g/mol. The molecule has 2 aromatic rings. The Bertz CT molecular complexity index is 851. The van der Waals surface area contributed by atoms with Crippen LogP contribution < -0.4 is 5.32 Å². The van der Waals surface area contributed by atoms with Crippen LogP contribution in [0.3, 0.4) is 0 Å². The summed E-state index contributed by atoms with van der Waals surface area (Å²) in [5, 5.41) is 25.0. The molecule has 0 bridgehead atoms. The third-order valence-corrected chi connectivity index (χ3v) is 3.22. The summed E-state index contributed by atoms with van der Waals surface area (Å²) >= 11 is 0. The van der Waals surface area contributed by atoms with Gasteiger partial charge >= 0.3 is 5.97 Å². The second-order valence-electron chi connectivity index (χ2n) is 5.09. The molecule has 0 aliphatic rings. The first kappa shape index (κ1) is 16.9. The van der Waals surface area contributed by atoms with Crippen LogP contribution in [0.1, 0.15) is 21.5 Å². The van der Waals surface area contributed by atoms with Crippen LogP contribution in [-0.4, -0.2) is 37.7 Å². The van der Waals surface area contributed by atoms with Crippen molar-refractivity contribution in [3.05, 3.63) is 53.4 Å². The van der Waals surface area contributed by atoms with Gasteiger partial charge in [-0.15, -0.1) is 0 Å². The molecule has 0 aliphatic heterocycles. The van der Waals surface area contributed by atoms with Crippen LogP contribution in [0.4, 0.5) is 5.69 Å². The molecule has 0 saturated carbocycles. The standard InChI is InChI=1S/C16H15N3O5/c1-9-3-4-10(16(23)24)5-12(9)18-15(22)14(21)6-13(20)11-7-17-19(2)8-11/h3-8,20H,1-2H3,(H,18,22)(H,23,24). The zero-order valence-corrected chi connectivity index (χ0v) is 13.0. The van der Waals surface area contributed by atoms with Crippen LogP contribution in [0.5, 0.6) is 0 Å². The molecule has 0 unspecified atom stereocenters. The molecule has 0 saturated heterocycles. The number of ketones is 1. The van der Waals surface area contributed by atoms with E-state index < -0.39 is 17.7 Å². The van der Waals surface area contributed by atoms with Crippen molar-refractivity contribution in [3.8, 4) is 0 Å². The van der Waals surface area contributed by atoms with Crippen molar-refractivity contribution in [1.29, 1.82) is 0 Å². The van der Waals surface area contributed by atoms with Gasteiger partial charge in [0.2, 0.25) is 5.78 Å². The number of aromatic nitrogens is 2. The van der Waals surface area contributed by atoms with Gasteiger partial charge in [-0.1, -0.05) is 6.07 Å². The van der Waals surface area contributed by atoms with E-state index in [1.807, 2.05) is 0 Å². The van der Waals surface area contributed by atoms with Gasteiger partial charge in [0.15, 0.2) is 0 Å². The summed E-state index contributed by atoms with van der Waals surface area (Å²) in [4.78, 5) is 34.8.